The lowest BCUT2D eigenvalue weighted by molar-refractivity contribution is -0.143. The molecule has 0 atom stereocenters. The van der Waals surface area contributed by atoms with Gasteiger partial charge in [0.2, 0.25) is 8.32 Å². The van der Waals surface area contributed by atoms with E-state index in [9.17, 15) is 26.3 Å². The van der Waals surface area contributed by atoms with E-state index in [2.05, 4.69) is 0 Å². The molecule has 0 radical (unpaired) electrons. The highest BCUT2D eigenvalue weighted by atomic mass is 28.4. The van der Waals surface area contributed by atoms with Crippen molar-refractivity contribution < 1.29 is 30.8 Å². The Hall–Kier alpha value is -1.80. The molecule has 0 aliphatic carbocycles. The summed E-state index contributed by atoms with van der Waals surface area (Å²) < 4.78 is 83.6. The largest absolute Gasteiger partial charge is 0.416 e. The molecule has 0 aliphatic heterocycles. The molecule has 0 N–H and O–H groups in total. The van der Waals surface area contributed by atoms with E-state index in [1.165, 1.54) is 12.1 Å². The number of halogens is 6. The molecule has 0 fully saturated rings. The molecule has 0 heterocycles. The summed E-state index contributed by atoms with van der Waals surface area (Å²) in [7, 11) is -2.14. The summed E-state index contributed by atoms with van der Waals surface area (Å²) in [6, 6.07) is 8.04. The van der Waals surface area contributed by atoms with Gasteiger partial charge in [-0.2, -0.15) is 26.3 Å². The van der Waals surface area contributed by atoms with Gasteiger partial charge in [0.05, 0.1) is 11.1 Å². The Morgan fingerprint density at radius 3 is 1.62 bits per heavy atom. The molecule has 1 nitrogen and oxygen atoms in total. The minimum absolute atomic E-state index is 0.128. The second kappa shape index (κ2) is 7.07. The summed E-state index contributed by atoms with van der Waals surface area (Å²) >= 11 is 0. The van der Waals surface area contributed by atoms with Crippen molar-refractivity contribution in [3.8, 4) is 11.1 Å². The number of hydrogen-bond acceptors (Lipinski definition) is 1. The van der Waals surface area contributed by atoms with E-state index < -0.39 is 31.8 Å². The average molecular weight is 392 g/mol. The lowest BCUT2D eigenvalue weighted by Gasteiger charge is -2.22. The van der Waals surface area contributed by atoms with Crippen LogP contribution in [0.25, 0.3) is 11.1 Å². The van der Waals surface area contributed by atoms with E-state index >= 15 is 0 Å². The van der Waals surface area contributed by atoms with E-state index in [1.54, 1.807) is 12.1 Å². The van der Waals surface area contributed by atoms with Crippen LogP contribution in [0.5, 0.6) is 0 Å². The zero-order valence-corrected chi connectivity index (χ0v) is 15.4. The maximum absolute atomic E-state index is 13.0. The van der Waals surface area contributed by atoms with Gasteiger partial charge in [-0.15, -0.1) is 0 Å². The van der Waals surface area contributed by atoms with Gasteiger partial charge in [-0.25, -0.2) is 0 Å². The summed E-state index contributed by atoms with van der Waals surface area (Å²) in [4.78, 5) is 0. The Kier molecular flexibility index (Phi) is 5.58. The second-order valence-corrected chi connectivity index (χ2v) is 10.2. The van der Waals surface area contributed by atoms with Crippen molar-refractivity contribution in [3.05, 3.63) is 53.6 Å². The summed E-state index contributed by atoms with van der Waals surface area (Å²) in [6.45, 7) is 6.34. The minimum atomic E-state index is -4.86. The van der Waals surface area contributed by atoms with Gasteiger partial charge in [0.15, 0.2) is 0 Å². The third-order valence-corrected chi connectivity index (χ3v) is 6.74. The molecule has 2 rings (SSSR count). The fourth-order valence-electron chi connectivity index (χ4n) is 2.63. The SMILES string of the molecule is CCO[Si](C)(C)c1ccc(-c2cc(C(F)(F)F)cc(C(F)(F)F)c2)cc1. The Bertz CT molecular complexity index is 730. The van der Waals surface area contributed by atoms with Gasteiger partial charge in [-0.1, -0.05) is 24.3 Å². The summed E-state index contributed by atoms with van der Waals surface area (Å²) in [6.07, 6.45) is -9.72. The molecule has 142 valence electrons. The second-order valence-electron chi connectivity index (χ2n) is 6.32. The Morgan fingerprint density at radius 1 is 0.769 bits per heavy atom. The van der Waals surface area contributed by atoms with Gasteiger partial charge >= 0.3 is 12.4 Å². The molecule has 0 bridgehead atoms. The molecule has 0 aliphatic rings. The third kappa shape index (κ3) is 4.67. The topological polar surface area (TPSA) is 9.23 Å². The molecule has 0 saturated heterocycles. The molecule has 0 saturated carbocycles. The van der Waals surface area contributed by atoms with Crippen molar-refractivity contribution in [1.82, 2.24) is 0 Å². The monoisotopic (exact) mass is 392 g/mol. The van der Waals surface area contributed by atoms with Crippen LogP contribution in [0.3, 0.4) is 0 Å². The highest BCUT2D eigenvalue weighted by Gasteiger charge is 2.37. The average Bonchev–Trinajstić information content (AvgIpc) is 2.53. The number of alkyl halides is 6. The first-order valence-corrected chi connectivity index (χ1v) is 10.8. The molecule has 0 aromatic heterocycles. The van der Waals surface area contributed by atoms with Crippen molar-refractivity contribution >= 4 is 13.5 Å². The number of hydrogen-bond donors (Lipinski definition) is 0. The minimum Gasteiger partial charge on any atom is -0.413 e. The molecule has 2 aromatic carbocycles. The van der Waals surface area contributed by atoms with Gasteiger partial charge < -0.3 is 4.43 Å². The van der Waals surface area contributed by atoms with Gasteiger partial charge in [-0.05, 0) is 54.5 Å². The highest BCUT2D eigenvalue weighted by Crippen LogP contribution is 2.38. The third-order valence-electron chi connectivity index (χ3n) is 4.01. The van der Waals surface area contributed by atoms with Crippen molar-refractivity contribution in [2.75, 3.05) is 6.61 Å². The fourth-order valence-corrected chi connectivity index (χ4v) is 4.49. The summed E-state index contributed by atoms with van der Waals surface area (Å²) in [5.41, 5.74) is -2.49. The van der Waals surface area contributed by atoms with Crippen LogP contribution >= 0.6 is 0 Å². The predicted molar refractivity (Wildman–Crippen MR) is 90.6 cm³/mol. The van der Waals surface area contributed by atoms with E-state index in [4.69, 9.17) is 4.43 Å². The van der Waals surface area contributed by atoms with E-state index in [1.807, 2.05) is 20.0 Å². The maximum atomic E-state index is 13.0. The van der Waals surface area contributed by atoms with Crippen molar-refractivity contribution in [1.29, 1.82) is 0 Å². The van der Waals surface area contributed by atoms with E-state index in [-0.39, 0.29) is 17.2 Å². The lowest BCUT2D eigenvalue weighted by Crippen LogP contribution is -2.44. The van der Waals surface area contributed by atoms with Gasteiger partial charge in [-0.3, -0.25) is 0 Å². The molecule has 8 heteroatoms. The maximum Gasteiger partial charge on any atom is 0.416 e. The van der Waals surface area contributed by atoms with Crippen LogP contribution in [-0.4, -0.2) is 14.9 Å². The Morgan fingerprint density at radius 2 is 1.23 bits per heavy atom. The van der Waals surface area contributed by atoms with Crippen molar-refractivity contribution in [2.45, 2.75) is 32.4 Å². The standard InChI is InChI=1S/C18H18F6OSi/c1-4-25-26(2,3)16-7-5-12(6-8-16)13-9-14(17(19,20)21)11-15(10-13)18(22,23)24/h5-11H,4H2,1-3H3. The fraction of sp³-hybridized carbons (Fsp3) is 0.333. The van der Waals surface area contributed by atoms with Crippen LogP contribution in [-0.2, 0) is 16.8 Å². The smallest absolute Gasteiger partial charge is 0.413 e. The van der Waals surface area contributed by atoms with Gasteiger partial charge in [0.25, 0.3) is 0 Å². The van der Waals surface area contributed by atoms with E-state index in [0.29, 0.717) is 6.61 Å². The predicted octanol–water partition coefficient (Wildman–Crippen LogP) is 5.84. The van der Waals surface area contributed by atoms with Crippen molar-refractivity contribution in [2.24, 2.45) is 0 Å². The van der Waals surface area contributed by atoms with Gasteiger partial charge in [0, 0.05) is 6.61 Å². The molecular formula is C18H18F6OSi. The summed E-state index contributed by atoms with van der Waals surface area (Å²) in [5, 5.41) is 0.908. The quantitative estimate of drug-likeness (QED) is 0.469. The molecule has 26 heavy (non-hydrogen) atoms. The van der Waals surface area contributed by atoms with Crippen LogP contribution in [0.2, 0.25) is 13.1 Å². The zero-order chi connectivity index (χ0) is 19.8. The van der Waals surface area contributed by atoms with Crippen LogP contribution in [0.1, 0.15) is 18.1 Å². The number of benzene rings is 2. The Balaban J connectivity index is 2.51. The molecule has 2 aromatic rings. The first kappa shape index (κ1) is 20.5. The molecular weight excluding hydrogens is 374 g/mol. The lowest BCUT2D eigenvalue weighted by atomic mass is 9.99. The van der Waals surface area contributed by atoms with Crippen LogP contribution in [0.4, 0.5) is 26.3 Å². The first-order valence-electron chi connectivity index (χ1n) is 7.89. The highest BCUT2D eigenvalue weighted by molar-refractivity contribution is 6.84. The first-order chi connectivity index (χ1) is 11.8. The Labute approximate surface area is 148 Å². The van der Waals surface area contributed by atoms with Crippen LogP contribution in [0, 0.1) is 0 Å². The van der Waals surface area contributed by atoms with Gasteiger partial charge in [0.1, 0.15) is 0 Å². The molecule has 0 spiro atoms. The van der Waals surface area contributed by atoms with Crippen molar-refractivity contribution in [3.63, 3.8) is 0 Å². The number of rotatable bonds is 4. The molecule has 0 amide bonds. The zero-order valence-electron chi connectivity index (χ0n) is 14.4. The van der Waals surface area contributed by atoms with Crippen LogP contribution in [0.15, 0.2) is 42.5 Å². The van der Waals surface area contributed by atoms with Crippen LogP contribution < -0.4 is 5.19 Å². The summed E-state index contributed by atoms with van der Waals surface area (Å²) in [5.74, 6) is 0. The molecule has 0 unspecified atom stereocenters. The van der Waals surface area contributed by atoms with E-state index in [0.717, 1.165) is 17.3 Å². The normalized spacial score (nSPS) is 13.1.